The summed E-state index contributed by atoms with van der Waals surface area (Å²) in [5.41, 5.74) is 7.21. The smallest absolute Gasteiger partial charge is 0.407 e. The lowest BCUT2D eigenvalue weighted by molar-refractivity contribution is -0.156. The van der Waals surface area contributed by atoms with E-state index >= 15 is 0 Å². The monoisotopic (exact) mass is 1150 g/mol. The lowest BCUT2D eigenvalue weighted by Crippen LogP contribution is -2.35. The number of cyclic esters (lactones) is 2. The molecule has 4 aromatic rings. The van der Waals surface area contributed by atoms with Crippen molar-refractivity contribution >= 4 is 75.5 Å². The number of aryl methyl sites for hydroxylation is 4. The van der Waals surface area contributed by atoms with Gasteiger partial charge in [-0.1, -0.05) is 40.2 Å². The Morgan fingerprint density at radius 2 is 1.08 bits per heavy atom. The van der Waals surface area contributed by atoms with Crippen LogP contribution in [0.2, 0.25) is 0 Å². The first kappa shape index (κ1) is 68.6. The molecule has 75 heavy (non-hydrogen) atoms. The van der Waals surface area contributed by atoms with E-state index in [9.17, 15) is 47.9 Å². The van der Waals surface area contributed by atoms with Gasteiger partial charge in [0.15, 0.2) is 0 Å². The van der Waals surface area contributed by atoms with E-state index in [1.54, 1.807) is 119 Å². The van der Waals surface area contributed by atoms with Crippen molar-refractivity contribution < 1.29 is 48.1 Å². The van der Waals surface area contributed by atoms with E-state index in [2.05, 4.69) is 41.6 Å². The molecule has 0 atom stereocenters. The number of nitrogens with zero attached hydrogens (tertiary/aromatic N) is 3. The summed E-state index contributed by atoms with van der Waals surface area (Å²) in [7, 11) is 0. The maximum atomic E-state index is 11.7. The third kappa shape index (κ3) is 34.6. The van der Waals surface area contributed by atoms with Crippen LogP contribution < -0.4 is 43.9 Å². The number of rotatable bonds is 14. The first-order chi connectivity index (χ1) is 35.1. The molecular weight excluding hydrogens is 1080 g/mol. The van der Waals surface area contributed by atoms with Gasteiger partial charge in [-0.3, -0.25) is 38.4 Å². The fourth-order valence-corrected chi connectivity index (χ4v) is 6.52. The molecule has 1 aliphatic rings. The highest BCUT2D eigenvalue weighted by Crippen LogP contribution is 2.08. The molecule has 22 nitrogen and oxygen atoms in total. The van der Waals surface area contributed by atoms with Crippen LogP contribution in [0.15, 0.2) is 92.5 Å². The van der Waals surface area contributed by atoms with Crippen molar-refractivity contribution in [1.29, 1.82) is 0 Å². The Hall–Kier alpha value is -6.44. The summed E-state index contributed by atoms with van der Waals surface area (Å²) in [6.45, 7) is 21.2. The van der Waals surface area contributed by atoms with Crippen LogP contribution in [0.25, 0.3) is 0 Å². The minimum atomic E-state index is -0.941. The Morgan fingerprint density at radius 1 is 0.667 bits per heavy atom. The van der Waals surface area contributed by atoms with Crippen molar-refractivity contribution in [3.8, 4) is 0 Å². The SMILES string of the molecule is CC(C)(C)OC(=O)NCCBr.Cc1ccc[nH]c1=O.Cc1cccn(CCN)c1=O.Cc1cccn(CCNC(=O)CSCC(=O)O)c1=O.Cc1cccn(CCNC(=O)OC(C)(C)C)c1=O.O=C1CSCC(=O)O1. The summed E-state index contributed by atoms with van der Waals surface area (Å²) < 4.78 is 19.0. The number of carboxylic acid groups (broad SMARTS) is 1. The summed E-state index contributed by atoms with van der Waals surface area (Å²) in [4.78, 5) is 112. The largest absolute Gasteiger partial charge is 0.481 e. The zero-order chi connectivity index (χ0) is 57.1. The van der Waals surface area contributed by atoms with Gasteiger partial charge in [-0.25, -0.2) is 9.59 Å². The van der Waals surface area contributed by atoms with Gasteiger partial charge in [0, 0.05) is 98.2 Å². The molecule has 25 heteroatoms. The number of carbonyl (C=O) groups excluding carboxylic acids is 5. The molecule has 1 aliphatic heterocycles. The highest BCUT2D eigenvalue weighted by Gasteiger charge is 2.17. The van der Waals surface area contributed by atoms with Crippen molar-refractivity contribution in [3.05, 3.63) is 137 Å². The second-order valence-corrected chi connectivity index (χ2v) is 20.4. The number of carboxylic acids is 1. The number of carbonyl (C=O) groups is 6. The molecule has 416 valence electrons. The second-order valence-electron chi connectivity index (χ2n) is 17.7. The van der Waals surface area contributed by atoms with E-state index in [0.717, 1.165) is 28.2 Å². The molecule has 7 N–H and O–H groups in total. The highest BCUT2D eigenvalue weighted by molar-refractivity contribution is 9.09. The third-order valence-corrected chi connectivity index (χ3v) is 10.8. The number of pyridine rings is 4. The lowest BCUT2D eigenvalue weighted by atomic mass is 10.2. The molecule has 0 spiro atoms. The first-order valence-corrected chi connectivity index (χ1v) is 26.7. The molecule has 0 aliphatic carbocycles. The number of H-pyrrole nitrogens is 1. The fourth-order valence-electron chi connectivity index (χ4n) is 5.20. The van der Waals surface area contributed by atoms with Gasteiger partial charge in [-0.2, -0.15) is 0 Å². The maximum Gasteiger partial charge on any atom is 0.407 e. The van der Waals surface area contributed by atoms with E-state index in [-0.39, 0.29) is 45.7 Å². The van der Waals surface area contributed by atoms with Gasteiger partial charge in [0.05, 0.1) is 23.0 Å². The number of aromatic nitrogens is 4. The zero-order valence-electron chi connectivity index (χ0n) is 44.3. The number of hydrogen-bond acceptors (Lipinski definition) is 16. The number of halogens is 1. The van der Waals surface area contributed by atoms with Crippen LogP contribution in [0.4, 0.5) is 9.59 Å². The Kier molecular flexibility index (Phi) is 34.1. The number of alkyl halides is 1. The molecule has 5 heterocycles. The molecule has 0 unspecified atom stereocenters. The average molecular weight is 1150 g/mol. The predicted octanol–water partition coefficient (Wildman–Crippen LogP) is 4.28. The summed E-state index contributed by atoms with van der Waals surface area (Å²) in [6, 6.07) is 14.3. The average Bonchev–Trinajstić information content (AvgIpc) is 3.31. The maximum absolute atomic E-state index is 11.7. The number of thioether (sulfide) groups is 2. The van der Waals surface area contributed by atoms with Gasteiger partial charge >= 0.3 is 30.1 Å². The van der Waals surface area contributed by atoms with Gasteiger partial charge in [-0.05, 0) is 93.5 Å². The first-order valence-electron chi connectivity index (χ1n) is 23.3. The van der Waals surface area contributed by atoms with Gasteiger partial charge in [0.25, 0.3) is 22.2 Å². The molecular formula is C50H73BrN8O14S2. The van der Waals surface area contributed by atoms with Gasteiger partial charge in [0.1, 0.15) is 11.2 Å². The molecule has 3 amide bonds. The Morgan fingerprint density at radius 3 is 1.43 bits per heavy atom. The second kappa shape index (κ2) is 37.3. The molecule has 1 fully saturated rings. The minimum absolute atomic E-state index is 0.00694. The number of hydrogen-bond donors (Lipinski definition) is 6. The number of aliphatic carboxylic acids is 1. The van der Waals surface area contributed by atoms with Gasteiger partial charge < -0.3 is 59.7 Å². The van der Waals surface area contributed by atoms with E-state index in [1.807, 2.05) is 32.9 Å². The Balaban J connectivity index is 0.000000904. The van der Waals surface area contributed by atoms with Crippen LogP contribution >= 0.6 is 39.5 Å². The quantitative estimate of drug-likeness (QED) is 0.0444. The fraction of sp³-hybridized carbons (Fsp3) is 0.480. The van der Waals surface area contributed by atoms with E-state index in [1.165, 1.54) is 16.3 Å². The van der Waals surface area contributed by atoms with Crippen LogP contribution in [0, 0.1) is 27.7 Å². The molecule has 0 saturated carbocycles. The van der Waals surface area contributed by atoms with Gasteiger partial charge in [0.2, 0.25) is 5.91 Å². The Labute approximate surface area is 453 Å². The summed E-state index contributed by atoms with van der Waals surface area (Å²) in [5.74, 6) is -1.38. The molecule has 4 aromatic heterocycles. The van der Waals surface area contributed by atoms with Crippen molar-refractivity contribution in [3.63, 3.8) is 0 Å². The number of nitrogens with two attached hydrogens (primary N) is 1. The number of aromatic amines is 1. The highest BCUT2D eigenvalue weighted by atomic mass is 79.9. The Bertz CT molecular complexity index is 2640. The molecule has 0 aromatic carbocycles. The molecule has 0 bridgehead atoms. The number of esters is 2. The van der Waals surface area contributed by atoms with Crippen molar-refractivity contribution in [2.24, 2.45) is 5.73 Å². The minimum Gasteiger partial charge on any atom is -0.481 e. The standard InChI is InChI=1S/C13H20N2O3.C12H16N2O4S.C8H12N2O.C7H14BrNO2.C6H7NO.C4H4O3S/c1-10-6-5-8-15(11(10)16)9-7-14-12(17)18-13(2,3)4;1-9-3-2-5-14(12(9)18)6-4-13-10(15)7-19-8-11(16)17;1-7-3-2-5-10(6-4-9)8(7)11;1-7(2,3)11-6(10)9-5-4-8;1-5-3-2-4-7-6(5)8;5-3-1-8-2-4(6)7-3/h5-6,8H,7,9H2,1-4H3,(H,14,17);2-3,5H,4,6-8H2,1H3,(H,13,15)(H,16,17);2-3,5H,4,6,9H2,1H3;4-5H2,1-3H3,(H,9,10);2-4H,1H3,(H,7,8);1-2H2. The predicted molar refractivity (Wildman–Crippen MR) is 296 cm³/mol. The van der Waals surface area contributed by atoms with Crippen LogP contribution in [0.3, 0.4) is 0 Å². The number of ether oxygens (including phenoxy) is 3. The molecule has 5 rings (SSSR count). The van der Waals surface area contributed by atoms with Crippen LogP contribution in [0.5, 0.6) is 0 Å². The number of alkyl carbamates (subject to hydrolysis) is 2. The van der Waals surface area contributed by atoms with Crippen LogP contribution in [-0.4, -0.2) is 126 Å². The van der Waals surface area contributed by atoms with Crippen molar-refractivity contribution in [1.82, 2.24) is 34.6 Å². The van der Waals surface area contributed by atoms with Crippen LogP contribution in [-0.2, 0) is 53.0 Å². The summed E-state index contributed by atoms with van der Waals surface area (Å²) in [6.07, 6.45) is 5.91. The normalized spacial score (nSPS) is 11.5. The van der Waals surface area contributed by atoms with Gasteiger partial charge in [-0.15, -0.1) is 23.5 Å². The van der Waals surface area contributed by atoms with Crippen molar-refractivity contribution in [2.75, 3.05) is 54.5 Å². The topological polar surface area (TPSA) is 311 Å². The van der Waals surface area contributed by atoms with E-state index < -0.39 is 35.2 Å². The number of nitrogens with one attached hydrogen (secondary N) is 4. The summed E-state index contributed by atoms with van der Waals surface area (Å²) >= 11 is 5.52. The zero-order valence-corrected chi connectivity index (χ0v) is 47.5. The lowest BCUT2D eigenvalue weighted by Gasteiger charge is -2.19. The van der Waals surface area contributed by atoms with Crippen molar-refractivity contribution in [2.45, 2.75) is 100 Å². The summed E-state index contributed by atoms with van der Waals surface area (Å²) in [5, 5.41) is 17.0. The van der Waals surface area contributed by atoms with E-state index in [0.29, 0.717) is 68.4 Å². The third-order valence-electron chi connectivity index (χ3n) is 8.60. The number of amides is 3. The molecule has 1 saturated heterocycles. The van der Waals surface area contributed by atoms with Crippen LogP contribution in [0.1, 0.15) is 63.8 Å². The van der Waals surface area contributed by atoms with E-state index in [4.69, 9.17) is 20.3 Å². The molecule has 0 radical (unpaired) electrons.